The minimum Gasteiger partial charge on any atom is -0.323 e. The van der Waals surface area contributed by atoms with Crippen molar-refractivity contribution in [1.29, 1.82) is 0 Å². The van der Waals surface area contributed by atoms with Crippen LogP contribution >= 0.6 is 0 Å². The van der Waals surface area contributed by atoms with Crippen molar-refractivity contribution in [3.8, 4) is 0 Å². The molecule has 1 aromatic heterocycles. The Balaban J connectivity index is 2.83. The molecule has 0 aromatic carbocycles. The summed E-state index contributed by atoms with van der Waals surface area (Å²) in [6.07, 6.45) is 5.37. The molecule has 1 rings (SSSR count). The lowest BCUT2D eigenvalue weighted by Crippen LogP contribution is -2.36. The maximum atomic E-state index is 11.3. The van der Waals surface area contributed by atoms with Crippen LogP contribution < -0.4 is 11.3 Å². The fourth-order valence-corrected chi connectivity index (χ4v) is 1.36. The maximum absolute atomic E-state index is 11.3. The van der Waals surface area contributed by atoms with Gasteiger partial charge in [-0.05, 0) is 13.3 Å². The molecule has 1 unspecified atom stereocenters. The van der Waals surface area contributed by atoms with Crippen LogP contribution in [0, 0.1) is 0 Å². The van der Waals surface area contributed by atoms with E-state index in [1.54, 1.807) is 19.3 Å². The van der Waals surface area contributed by atoms with E-state index in [-0.39, 0.29) is 11.9 Å². The van der Waals surface area contributed by atoms with Crippen molar-refractivity contribution in [2.24, 2.45) is 5.84 Å². The fraction of sp³-hybridized carbons (Fsp3) is 0.556. The Labute approximate surface area is 83.3 Å². The second-order valence-electron chi connectivity index (χ2n) is 3.19. The molecule has 0 fully saturated rings. The molecule has 0 saturated heterocycles. The van der Waals surface area contributed by atoms with Crippen LogP contribution in [0.15, 0.2) is 12.4 Å². The average Bonchev–Trinajstić information content (AvgIpc) is 2.64. The van der Waals surface area contributed by atoms with Gasteiger partial charge in [-0.3, -0.25) is 10.2 Å². The lowest BCUT2D eigenvalue weighted by atomic mass is 10.2. The first-order valence-electron chi connectivity index (χ1n) is 4.72. The maximum Gasteiger partial charge on any atom is 0.256 e. The molecule has 78 valence electrons. The highest BCUT2D eigenvalue weighted by molar-refractivity contribution is 5.79. The second kappa shape index (κ2) is 4.76. The highest BCUT2D eigenvalue weighted by atomic mass is 16.2. The number of hydrogen-bond acceptors (Lipinski definition) is 3. The summed E-state index contributed by atoms with van der Waals surface area (Å²) in [5.41, 5.74) is 2.13. The number of carbonyl (C=O) groups excluding carboxylic acids is 1. The number of aromatic nitrogens is 2. The Kier molecular flexibility index (Phi) is 3.64. The van der Waals surface area contributed by atoms with E-state index in [4.69, 9.17) is 5.84 Å². The van der Waals surface area contributed by atoms with Crippen LogP contribution in [0.5, 0.6) is 0 Å². The number of nitrogens with zero attached hydrogens (tertiary/aromatic N) is 2. The van der Waals surface area contributed by atoms with Crippen LogP contribution in [0.4, 0.5) is 0 Å². The van der Waals surface area contributed by atoms with Gasteiger partial charge in [-0.15, -0.1) is 0 Å². The van der Waals surface area contributed by atoms with Gasteiger partial charge in [0.25, 0.3) is 5.91 Å². The van der Waals surface area contributed by atoms with E-state index in [1.165, 1.54) is 0 Å². The third-order valence-electron chi connectivity index (χ3n) is 2.16. The highest BCUT2D eigenvalue weighted by Crippen LogP contribution is 2.10. The van der Waals surface area contributed by atoms with Crippen LogP contribution in [0.1, 0.15) is 32.1 Å². The van der Waals surface area contributed by atoms with E-state index in [1.807, 2.05) is 4.57 Å². The number of imidazole rings is 1. The lowest BCUT2D eigenvalue weighted by Gasteiger charge is -2.14. The van der Waals surface area contributed by atoms with Crippen molar-refractivity contribution in [1.82, 2.24) is 15.0 Å². The molecule has 0 spiro atoms. The quantitative estimate of drug-likeness (QED) is 0.415. The topological polar surface area (TPSA) is 72.9 Å². The predicted octanol–water partition coefficient (Wildman–Crippen LogP) is 0.387. The molecule has 5 nitrogen and oxygen atoms in total. The molecule has 1 aromatic rings. The average molecular weight is 196 g/mol. The zero-order valence-corrected chi connectivity index (χ0v) is 8.53. The zero-order valence-electron chi connectivity index (χ0n) is 8.53. The van der Waals surface area contributed by atoms with Crippen LogP contribution in [0.3, 0.4) is 0 Å². The van der Waals surface area contributed by atoms with Gasteiger partial charge in [0.05, 0.1) is 0 Å². The normalized spacial score (nSPS) is 12.5. The van der Waals surface area contributed by atoms with E-state index in [0.717, 1.165) is 18.7 Å². The summed E-state index contributed by atoms with van der Waals surface area (Å²) in [6.45, 7) is 3.87. The smallest absolute Gasteiger partial charge is 0.256 e. The molecule has 0 saturated carbocycles. The second-order valence-corrected chi connectivity index (χ2v) is 3.19. The number of carbonyl (C=O) groups is 1. The van der Waals surface area contributed by atoms with Crippen molar-refractivity contribution in [2.75, 3.05) is 0 Å². The summed E-state index contributed by atoms with van der Waals surface area (Å²) < 4.78 is 1.84. The van der Waals surface area contributed by atoms with E-state index >= 15 is 0 Å². The van der Waals surface area contributed by atoms with Gasteiger partial charge in [0.2, 0.25) is 0 Å². The third kappa shape index (κ3) is 2.11. The standard InChI is InChI=1S/C9H16N4O/c1-3-4-8-11-5-6-13(8)7(2)9(14)12-10/h5-7H,3-4,10H2,1-2H3,(H,12,14). The highest BCUT2D eigenvalue weighted by Gasteiger charge is 2.15. The Morgan fingerprint density at radius 2 is 2.50 bits per heavy atom. The van der Waals surface area contributed by atoms with E-state index in [9.17, 15) is 4.79 Å². The van der Waals surface area contributed by atoms with E-state index in [2.05, 4.69) is 17.3 Å². The van der Waals surface area contributed by atoms with Crippen molar-refractivity contribution in [3.63, 3.8) is 0 Å². The zero-order chi connectivity index (χ0) is 10.6. The Morgan fingerprint density at radius 3 is 3.07 bits per heavy atom. The molecule has 0 aliphatic heterocycles. The molecule has 0 radical (unpaired) electrons. The molecule has 1 heterocycles. The van der Waals surface area contributed by atoms with Crippen molar-refractivity contribution in [3.05, 3.63) is 18.2 Å². The van der Waals surface area contributed by atoms with Crippen LogP contribution in [-0.2, 0) is 11.2 Å². The molecule has 1 atom stereocenters. The van der Waals surface area contributed by atoms with Gasteiger partial charge >= 0.3 is 0 Å². The SMILES string of the molecule is CCCc1nccn1C(C)C(=O)NN. The lowest BCUT2D eigenvalue weighted by molar-refractivity contribution is -0.124. The van der Waals surface area contributed by atoms with Crippen molar-refractivity contribution >= 4 is 5.91 Å². The number of nitrogens with two attached hydrogens (primary N) is 1. The fourth-order valence-electron chi connectivity index (χ4n) is 1.36. The Hall–Kier alpha value is -1.36. The monoisotopic (exact) mass is 196 g/mol. The number of rotatable bonds is 4. The molecule has 0 aliphatic rings. The first-order chi connectivity index (χ1) is 6.70. The summed E-state index contributed by atoms with van der Waals surface area (Å²) in [4.78, 5) is 15.5. The minimum atomic E-state index is -0.302. The number of nitrogens with one attached hydrogen (secondary N) is 1. The summed E-state index contributed by atoms with van der Waals surface area (Å²) in [5.74, 6) is 5.78. The third-order valence-corrected chi connectivity index (χ3v) is 2.16. The predicted molar refractivity (Wildman–Crippen MR) is 53.3 cm³/mol. The van der Waals surface area contributed by atoms with Crippen LogP contribution in [0.25, 0.3) is 0 Å². The molecule has 14 heavy (non-hydrogen) atoms. The molecular weight excluding hydrogens is 180 g/mol. The Morgan fingerprint density at radius 1 is 1.79 bits per heavy atom. The summed E-state index contributed by atoms with van der Waals surface area (Å²) >= 11 is 0. The minimum absolute atomic E-state index is 0.208. The van der Waals surface area contributed by atoms with Gasteiger partial charge in [0.15, 0.2) is 0 Å². The van der Waals surface area contributed by atoms with Gasteiger partial charge in [0.1, 0.15) is 11.9 Å². The molecule has 5 heteroatoms. The number of amides is 1. The summed E-state index contributed by atoms with van der Waals surface area (Å²) in [5, 5.41) is 0. The van der Waals surface area contributed by atoms with Gasteiger partial charge in [-0.1, -0.05) is 6.92 Å². The Bertz CT molecular complexity index is 308. The first kappa shape index (κ1) is 10.7. The van der Waals surface area contributed by atoms with Gasteiger partial charge in [0, 0.05) is 18.8 Å². The van der Waals surface area contributed by atoms with Crippen LogP contribution in [0.2, 0.25) is 0 Å². The number of aryl methyl sites for hydroxylation is 1. The van der Waals surface area contributed by atoms with E-state index < -0.39 is 0 Å². The number of hydrazine groups is 1. The molecule has 0 bridgehead atoms. The van der Waals surface area contributed by atoms with Crippen molar-refractivity contribution in [2.45, 2.75) is 32.7 Å². The van der Waals surface area contributed by atoms with Crippen LogP contribution in [-0.4, -0.2) is 15.5 Å². The van der Waals surface area contributed by atoms with Gasteiger partial charge in [-0.25, -0.2) is 10.8 Å². The molecule has 0 aliphatic carbocycles. The molecule has 3 N–H and O–H groups in total. The summed E-state index contributed by atoms with van der Waals surface area (Å²) in [6, 6.07) is -0.302. The molecular formula is C9H16N4O. The first-order valence-corrected chi connectivity index (χ1v) is 4.72. The van der Waals surface area contributed by atoms with E-state index in [0.29, 0.717) is 0 Å². The number of hydrogen-bond donors (Lipinski definition) is 2. The summed E-state index contributed by atoms with van der Waals surface area (Å²) in [7, 11) is 0. The van der Waals surface area contributed by atoms with Crippen molar-refractivity contribution < 1.29 is 4.79 Å². The van der Waals surface area contributed by atoms with Gasteiger partial charge < -0.3 is 4.57 Å². The largest absolute Gasteiger partial charge is 0.323 e. The van der Waals surface area contributed by atoms with Gasteiger partial charge in [-0.2, -0.15) is 0 Å². The molecule has 1 amide bonds.